The Bertz CT molecular complexity index is 1060. The number of aromatic nitrogens is 1. The van der Waals surface area contributed by atoms with Crippen LogP contribution in [0.5, 0.6) is 5.75 Å². The molecule has 0 unspecified atom stereocenters. The molecule has 1 fully saturated rings. The standard InChI is InChI=1S/C25H29FN4O2S/c1-18-23(33-25(28-18)19-4-6-20(26)7-5-19)24(31)27-12-3-13-29-14-16-30(17-15-29)21-8-10-22(32-2)11-9-21/h4-11H,3,12-17H2,1-2H3,(H,27,31). The van der Waals surface area contributed by atoms with E-state index in [1.807, 2.05) is 19.1 Å². The summed E-state index contributed by atoms with van der Waals surface area (Å²) in [5, 5.41) is 3.75. The summed E-state index contributed by atoms with van der Waals surface area (Å²) < 4.78 is 18.4. The molecule has 1 amide bonds. The first-order chi connectivity index (χ1) is 16.0. The molecule has 1 N–H and O–H groups in total. The quantitative estimate of drug-likeness (QED) is 0.502. The largest absolute Gasteiger partial charge is 0.497 e. The van der Waals surface area contributed by atoms with E-state index in [1.54, 1.807) is 19.2 Å². The molecule has 0 aliphatic carbocycles. The van der Waals surface area contributed by atoms with Crippen LogP contribution in [0.2, 0.25) is 0 Å². The average molecular weight is 469 g/mol. The lowest BCUT2D eigenvalue weighted by Crippen LogP contribution is -2.47. The zero-order valence-electron chi connectivity index (χ0n) is 19.0. The smallest absolute Gasteiger partial charge is 0.263 e. The number of rotatable bonds is 8. The zero-order chi connectivity index (χ0) is 23.2. The monoisotopic (exact) mass is 468 g/mol. The molecule has 1 aromatic heterocycles. The zero-order valence-corrected chi connectivity index (χ0v) is 19.8. The van der Waals surface area contributed by atoms with Gasteiger partial charge in [0.2, 0.25) is 0 Å². The minimum Gasteiger partial charge on any atom is -0.497 e. The Balaban J connectivity index is 1.20. The van der Waals surface area contributed by atoms with Crippen molar-refractivity contribution in [1.82, 2.24) is 15.2 Å². The Labute approximate surface area is 198 Å². The number of piperazine rings is 1. The molecule has 1 saturated heterocycles. The van der Waals surface area contributed by atoms with E-state index in [2.05, 4.69) is 32.2 Å². The molecule has 2 heterocycles. The second-order valence-corrected chi connectivity index (χ2v) is 9.08. The van der Waals surface area contributed by atoms with Gasteiger partial charge in [0.15, 0.2) is 0 Å². The highest BCUT2D eigenvalue weighted by atomic mass is 32.1. The number of ether oxygens (including phenoxy) is 1. The van der Waals surface area contributed by atoms with Crippen LogP contribution < -0.4 is 15.0 Å². The van der Waals surface area contributed by atoms with Gasteiger partial charge in [-0.2, -0.15) is 0 Å². The van der Waals surface area contributed by atoms with Crippen molar-refractivity contribution in [3.05, 3.63) is 64.9 Å². The van der Waals surface area contributed by atoms with E-state index in [1.165, 1.54) is 29.2 Å². The molecule has 3 aromatic rings. The third-order valence-corrected chi connectivity index (χ3v) is 7.05. The number of hydrogen-bond donors (Lipinski definition) is 1. The van der Waals surface area contributed by atoms with Crippen LogP contribution in [0.1, 0.15) is 21.8 Å². The summed E-state index contributed by atoms with van der Waals surface area (Å²) in [5.41, 5.74) is 2.74. The van der Waals surface area contributed by atoms with Crippen molar-refractivity contribution in [3.8, 4) is 16.3 Å². The van der Waals surface area contributed by atoms with Crippen molar-refractivity contribution in [2.75, 3.05) is 51.3 Å². The van der Waals surface area contributed by atoms with E-state index in [-0.39, 0.29) is 11.7 Å². The second-order valence-electron chi connectivity index (χ2n) is 8.08. The van der Waals surface area contributed by atoms with Crippen LogP contribution >= 0.6 is 11.3 Å². The van der Waals surface area contributed by atoms with Gasteiger partial charge in [0.05, 0.1) is 12.8 Å². The Morgan fingerprint density at radius 2 is 1.79 bits per heavy atom. The van der Waals surface area contributed by atoms with Gasteiger partial charge in [-0.1, -0.05) is 0 Å². The lowest BCUT2D eigenvalue weighted by molar-refractivity contribution is 0.0954. The molecule has 1 aliphatic rings. The number of nitrogens with one attached hydrogen (secondary N) is 1. The maximum Gasteiger partial charge on any atom is 0.263 e. The topological polar surface area (TPSA) is 57.7 Å². The van der Waals surface area contributed by atoms with E-state index in [9.17, 15) is 9.18 Å². The van der Waals surface area contributed by atoms with E-state index in [0.29, 0.717) is 17.1 Å². The first kappa shape index (κ1) is 23.2. The van der Waals surface area contributed by atoms with E-state index in [0.717, 1.165) is 55.5 Å². The molecular formula is C25H29FN4O2S. The van der Waals surface area contributed by atoms with Crippen LogP contribution in [0.15, 0.2) is 48.5 Å². The predicted octanol–water partition coefficient (Wildman–Crippen LogP) is 4.21. The molecule has 6 nitrogen and oxygen atoms in total. The van der Waals surface area contributed by atoms with Crippen molar-refractivity contribution in [1.29, 1.82) is 0 Å². The van der Waals surface area contributed by atoms with Crippen molar-refractivity contribution >= 4 is 22.9 Å². The van der Waals surface area contributed by atoms with Crippen LogP contribution in [-0.4, -0.2) is 62.2 Å². The molecule has 174 valence electrons. The van der Waals surface area contributed by atoms with Gasteiger partial charge in [-0.15, -0.1) is 11.3 Å². The van der Waals surface area contributed by atoms with Gasteiger partial charge in [0.25, 0.3) is 5.91 Å². The molecule has 0 bridgehead atoms. The van der Waals surface area contributed by atoms with Gasteiger partial charge in [0.1, 0.15) is 21.5 Å². The minimum atomic E-state index is -0.285. The SMILES string of the molecule is COc1ccc(N2CCN(CCCNC(=O)c3sc(-c4ccc(F)cc4)nc3C)CC2)cc1. The Morgan fingerprint density at radius 3 is 2.45 bits per heavy atom. The molecule has 4 rings (SSSR count). The third kappa shape index (κ3) is 5.89. The predicted molar refractivity (Wildman–Crippen MR) is 131 cm³/mol. The molecular weight excluding hydrogens is 439 g/mol. The van der Waals surface area contributed by atoms with Crippen molar-refractivity contribution < 1.29 is 13.9 Å². The molecule has 2 aromatic carbocycles. The molecule has 0 radical (unpaired) electrons. The van der Waals surface area contributed by atoms with E-state index < -0.39 is 0 Å². The normalized spacial score (nSPS) is 14.3. The number of halogens is 1. The van der Waals surface area contributed by atoms with E-state index in [4.69, 9.17) is 4.74 Å². The van der Waals surface area contributed by atoms with Gasteiger partial charge in [0, 0.05) is 44.0 Å². The molecule has 0 atom stereocenters. The fourth-order valence-corrected chi connectivity index (χ4v) is 4.92. The van der Waals surface area contributed by atoms with Gasteiger partial charge >= 0.3 is 0 Å². The molecule has 0 spiro atoms. The average Bonchev–Trinajstić information content (AvgIpc) is 3.24. The number of carbonyl (C=O) groups is 1. The highest BCUT2D eigenvalue weighted by Gasteiger charge is 2.18. The third-order valence-electron chi connectivity index (χ3n) is 5.84. The van der Waals surface area contributed by atoms with Crippen LogP contribution in [0.25, 0.3) is 10.6 Å². The number of amides is 1. The van der Waals surface area contributed by atoms with Crippen LogP contribution in [0, 0.1) is 12.7 Å². The number of anilines is 1. The van der Waals surface area contributed by atoms with Gasteiger partial charge in [-0.05, 0) is 68.4 Å². The second kappa shape index (κ2) is 10.8. The maximum absolute atomic E-state index is 13.2. The first-order valence-electron chi connectivity index (χ1n) is 11.2. The molecule has 1 aliphatic heterocycles. The number of aryl methyl sites for hydroxylation is 1. The summed E-state index contributed by atoms with van der Waals surface area (Å²) in [6.07, 6.45) is 0.900. The lowest BCUT2D eigenvalue weighted by atomic mass is 10.2. The Kier molecular flexibility index (Phi) is 7.57. The number of hydrogen-bond acceptors (Lipinski definition) is 6. The minimum absolute atomic E-state index is 0.0947. The van der Waals surface area contributed by atoms with Gasteiger partial charge in [-0.25, -0.2) is 9.37 Å². The van der Waals surface area contributed by atoms with Crippen molar-refractivity contribution in [2.45, 2.75) is 13.3 Å². The number of benzene rings is 2. The van der Waals surface area contributed by atoms with E-state index >= 15 is 0 Å². The molecule has 33 heavy (non-hydrogen) atoms. The van der Waals surface area contributed by atoms with Gasteiger partial charge in [-0.3, -0.25) is 9.69 Å². The summed E-state index contributed by atoms with van der Waals surface area (Å²) in [6, 6.07) is 14.4. The maximum atomic E-state index is 13.2. The molecule has 8 heteroatoms. The number of nitrogens with zero attached hydrogens (tertiary/aromatic N) is 3. The van der Waals surface area contributed by atoms with Crippen molar-refractivity contribution in [3.63, 3.8) is 0 Å². The Morgan fingerprint density at radius 1 is 1.09 bits per heavy atom. The number of methoxy groups -OCH3 is 1. The fraction of sp³-hybridized carbons (Fsp3) is 0.360. The summed E-state index contributed by atoms with van der Waals surface area (Å²) in [4.78, 5) is 22.6. The summed E-state index contributed by atoms with van der Waals surface area (Å²) >= 11 is 1.34. The van der Waals surface area contributed by atoms with Crippen LogP contribution in [0.3, 0.4) is 0 Å². The Hall–Kier alpha value is -2.97. The summed E-state index contributed by atoms with van der Waals surface area (Å²) in [5.74, 6) is 0.495. The lowest BCUT2D eigenvalue weighted by Gasteiger charge is -2.36. The molecule has 0 saturated carbocycles. The summed E-state index contributed by atoms with van der Waals surface area (Å²) in [6.45, 7) is 7.42. The van der Waals surface area contributed by atoms with Crippen LogP contribution in [0.4, 0.5) is 10.1 Å². The fourth-order valence-electron chi connectivity index (χ4n) is 3.93. The number of carbonyl (C=O) groups excluding carboxylic acids is 1. The summed E-state index contributed by atoms with van der Waals surface area (Å²) in [7, 11) is 1.68. The highest BCUT2D eigenvalue weighted by Crippen LogP contribution is 2.28. The van der Waals surface area contributed by atoms with Crippen LogP contribution in [-0.2, 0) is 0 Å². The number of thiazole rings is 1. The van der Waals surface area contributed by atoms with Gasteiger partial charge < -0.3 is 15.0 Å². The van der Waals surface area contributed by atoms with Crippen molar-refractivity contribution in [2.24, 2.45) is 0 Å². The first-order valence-corrected chi connectivity index (χ1v) is 12.0. The highest BCUT2D eigenvalue weighted by molar-refractivity contribution is 7.17.